The zero-order chi connectivity index (χ0) is 17.8. The molecule has 26 heavy (non-hydrogen) atoms. The SMILES string of the molecule is O=C(NCc1cnc(C2CCCCO2)nc1)c1cccc2c1OCCO2. The van der Waals surface area contributed by atoms with Crippen molar-refractivity contribution >= 4 is 5.91 Å². The van der Waals surface area contributed by atoms with E-state index in [0.29, 0.717) is 42.6 Å². The third-order valence-electron chi connectivity index (χ3n) is 4.46. The zero-order valence-corrected chi connectivity index (χ0v) is 14.4. The van der Waals surface area contributed by atoms with Crippen LogP contribution in [0.25, 0.3) is 0 Å². The maximum Gasteiger partial charge on any atom is 0.255 e. The number of para-hydroxylation sites is 1. The van der Waals surface area contributed by atoms with Crippen LogP contribution in [0.4, 0.5) is 0 Å². The number of fused-ring (bicyclic) bond motifs is 1. The summed E-state index contributed by atoms with van der Waals surface area (Å²) in [6.45, 7) is 2.04. The van der Waals surface area contributed by atoms with Gasteiger partial charge in [0.1, 0.15) is 19.3 Å². The molecule has 0 spiro atoms. The highest BCUT2D eigenvalue weighted by Crippen LogP contribution is 2.33. The van der Waals surface area contributed by atoms with Gasteiger partial charge in [-0.25, -0.2) is 9.97 Å². The van der Waals surface area contributed by atoms with E-state index in [2.05, 4.69) is 15.3 Å². The minimum Gasteiger partial charge on any atom is -0.486 e. The number of nitrogens with one attached hydrogen (secondary N) is 1. The second-order valence-electron chi connectivity index (χ2n) is 6.32. The molecule has 2 aliphatic heterocycles. The van der Waals surface area contributed by atoms with Gasteiger partial charge in [0.25, 0.3) is 5.91 Å². The monoisotopic (exact) mass is 355 g/mol. The fraction of sp³-hybridized carbons (Fsp3) is 0.421. The lowest BCUT2D eigenvalue weighted by Crippen LogP contribution is -2.25. The van der Waals surface area contributed by atoms with Crippen LogP contribution in [0.5, 0.6) is 11.5 Å². The Morgan fingerprint density at radius 1 is 1.12 bits per heavy atom. The molecule has 0 aliphatic carbocycles. The van der Waals surface area contributed by atoms with Gasteiger partial charge in [0.05, 0.1) is 5.56 Å². The summed E-state index contributed by atoms with van der Waals surface area (Å²) in [4.78, 5) is 21.3. The maximum absolute atomic E-state index is 12.5. The highest BCUT2D eigenvalue weighted by molar-refractivity contribution is 5.97. The van der Waals surface area contributed by atoms with Crippen LogP contribution in [-0.2, 0) is 11.3 Å². The van der Waals surface area contributed by atoms with Crippen LogP contribution in [0.15, 0.2) is 30.6 Å². The third-order valence-corrected chi connectivity index (χ3v) is 4.46. The molecule has 7 heteroatoms. The molecule has 0 radical (unpaired) electrons. The Hall–Kier alpha value is -2.67. The molecule has 1 aromatic heterocycles. The molecule has 136 valence electrons. The third kappa shape index (κ3) is 3.62. The number of ether oxygens (including phenoxy) is 3. The molecule has 1 atom stereocenters. The molecule has 1 unspecified atom stereocenters. The van der Waals surface area contributed by atoms with Gasteiger partial charge in [-0.2, -0.15) is 0 Å². The summed E-state index contributed by atoms with van der Waals surface area (Å²) in [5, 5.41) is 2.88. The van der Waals surface area contributed by atoms with Gasteiger partial charge >= 0.3 is 0 Å². The van der Waals surface area contributed by atoms with Gasteiger partial charge in [-0.05, 0) is 31.4 Å². The standard InChI is InChI=1S/C19H21N3O4/c23-19(14-4-3-6-15-17(14)26-9-8-25-15)22-12-13-10-20-18(21-11-13)16-5-1-2-7-24-16/h3-4,6,10-11,16H,1-2,5,7-9,12H2,(H,22,23). The summed E-state index contributed by atoms with van der Waals surface area (Å²) in [6.07, 6.45) is 6.65. The van der Waals surface area contributed by atoms with Crippen LogP contribution in [0.2, 0.25) is 0 Å². The van der Waals surface area contributed by atoms with Crippen molar-refractivity contribution in [2.24, 2.45) is 0 Å². The molecule has 1 amide bonds. The minimum atomic E-state index is -0.216. The quantitative estimate of drug-likeness (QED) is 0.907. The predicted octanol–water partition coefficient (Wildman–Crippen LogP) is 2.42. The molecular formula is C19H21N3O4. The van der Waals surface area contributed by atoms with E-state index in [1.807, 2.05) is 0 Å². The summed E-state index contributed by atoms with van der Waals surface area (Å²) in [5.74, 6) is 1.59. The highest BCUT2D eigenvalue weighted by atomic mass is 16.6. The average molecular weight is 355 g/mol. The summed E-state index contributed by atoms with van der Waals surface area (Å²) in [7, 11) is 0. The lowest BCUT2D eigenvalue weighted by molar-refractivity contribution is 0.00940. The Morgan fingerprint density at radius 3 is 2.77 bits per heavy atom. The molecule has 4 rings (SSSR count). The number of carbonyl (C=O) groups excluding carboxylic acids is 1. The molecule has 7 nitrogen and oxygen atoms in total. The van der Waals surface area contributed by atoms with E-state index in [4.69, 9.17) is 14.2 Å². The zero-order valence-electron chi connectivity index (χ0n) is 14.4. The van der Waals surface area contributed by atoms with Gasteiger partial charge in [0.2, 0.25) is 0 Å². The number of benzene rings is 1. The van der Waals surface area contributed by atoms with E-state index in [9.17, 15) is 4.79 Å². The number of rotatable bonds is 4. The average Bonchev–Trinajstić information content (AvgIpc) is 2.72. The molecule has 0 bridgehead atoms. The van der Waals surface area contributed by atoms with Crippen molar-refractivity contribution in [2.45, 2.75) is 31.9 Å². The van der Waals surface area contributed by atoms with Crippen molar-refractivity contribution in [1.82, 2.24) is 15.3 Å². The first-order valence-corrected chi connectivity index (χ1v) is 8.90. The number of hydrogen-bond donors (Lipinski definition) is 1. The van der Waals surface area contributed by atoms with Crippen molar-refractivity contribution < 1.29 is 19.0 Å². The number of nitrogens with zero attached hydrogens (tertiary/aromatic N) is 2. The Labute approximate surface area is 151 Å². The number of carbonyl (C=O) groups is 1. The van der Waals surface area contributed by atoms with Crippen molar-refractivity contribution in [3.8, 4) is 11.5 Å². The Bertz CT molecular complexity index is 773. The Morgan fingerprint density at radius 2 is 1.96 bits per heavy atom. The Balaban J connectivity index is 1.39. The first-order valence-electron chi connectivity index (χ1n) is 8.90. The van der Waals surface area contributed by atoms with Gasteiger partial charge in [0, 0.05) is 31.1 Å². The van der Waals surface area contributed by atoms with Crippen LogP contribution in [0.1, 0.15) is 47.1 Å². The molecule has 1 N–H and O–H groups in total. The van der Waals surface area contributed by atoms with Crippen molar-refractivity contribution in [3.63, 3.8) is 0 Å². The normalized spacial score (nSPS) is 19.0. The van der Waals surface area contributed by atoms with E-state index in [-0.39, 0.29) is 12.0 Å². The van der Waals surface area contributed by atoms with E-state index < -0.39 is 0 Å². The minimum absolute atomic E-state index is 0.0135. The highest BCUT2D eigenvalue weighted by Gasteiger charge is 2.21. The summed E-state index contributed by atoms with van der Waals surface area (Å²) in [6, 6.07) is 5.30. The lowest BCUT2D eigenvalue weighted by atomic mass is 10.1. The molecule has 0 saturated carbocycles. The largest absolute Gasteiger partial charge is 0.486 e. The van der Waals surface area contributed by atoms with Crippen molar-refractivity contribution in [1.29, 1.82) is 0 Å². The lowest BCUT2D eigenvalue weighted by Gasteiger charge is -2.21. The fourth-order valence-electron chi connectivity index (χ4n) is 3.10. The molecule has 1 aromatic carbocycles. The predicted molar refractivity (Wildman–Crippen MR) is 93.2 cm³/mol. The van der Waals surface area contributed by atoms with Crippen LogP contribution in [0.3, 0.4) is 0 Å². The molecule has 2 aromatic rings. The van der Waals surface area contributed by atoms with Gasteiger partial charge in [-0.3, -0.25) is 4.79 Å². The summed E-state index contributed by atoms with van der Waals surface area (Å²) < 4.78 is 16.8. The van der Waals surface area contributed by atoms with Crippen molar-refractivity contribution in [2.75, 3.05) is 19.8 Å². The fourth-order valence-corrected chi connectivity index (χ4v) is 3.10. The number of amides is 1. The molecule has 1 saturated heterocycles. The van der Waals surface area contributed by atoms with Crippen LogP contribution < -0.4 is 14.8 Å². The van der Waals surface area contributed by atoms with Crippen molar-refractivity contribution in [3.05, 3.63) is 47.5 Å². The second-order valence-corrected chi connectivity index (χ2v) is 6.32. The molecular weight excluding hydrogens is 334 g/mol. The van der Waals surface area contributed by atoms with Gasteiger partial charge in [-0.1, -0.05) is 6.07 Å². The molecule has 1 fully saturated rings. The maximum atomic E-state index is 12.5. The van der Waals surface area contributed by atoms with Crippen LogP contribution >= 0.6 is 0 Å². The van der Waals surface area contributed by atoms with E-state index in [1.54, 1.807) is 30.6 Å². The first-order chi connectivity index (χ1) is 12.8. The number of aromatic nitrogens is 2. The van der Waals surface area contributed by atoms with Crippen LogP contribution in [-0.4, -0.2) is 35.7 Å². The van der Waals surface area contributed by atoms with Crippen LogP contribution in [0, 0.1) is 0 Å². The van der Waals surface area contributed by atoms with Gasteiger partial charge in [-0.15, -0.1) is 0 Å². The molecule has 2 aliphatic rings. The summed E-state index contributed by atoms with van der Waals surface area (Å²) >= 11 is 0. The topological polar surface area (TPSA) is 82.6 Å². The van der Waals surface area contributed by atoms with E-state index >= 15 is 0 Å². The first kappa shape index (κ1) is 16.8. The van der Waals surface area contributed by atoms with Gasteiger partial charge < -0.3 is 19.5 Å². The van der Waals surface area contributed by atoms with Gasteiger partial charge in [0.15, 0.2) is 17.3 Å². The molecule has 3 heterocycles. The second kappa shape index (κ2) is 7.70. The smallest absolute Gasteiger partial charge is 0.255 e. The number of hydrogen-bond acceptors (Lipinski definition) is 6. The summed E-state index contributed by atoms with van der Waals surface area (Å²) in [5.41, 5.74) is 1.30. The van der Waals surface area contributed by atoms with E-state index in [1.165, 1.54) is 0 Å². The Kier molecular flexibility index (Phi) is 4.97. The van der Waals surface area contributed by atoms with E-state index in [0.717, 1.165) is 31.4 Å².